The van der Waals surface area contributed by atoms with Crippen molar-refractivity contribution in [2.45, 2.75) is 38.9 Å². The van der Waals surface area contributed by atoms with Crippen molar-refractivity contribution >= 4 is 45.3 Å². The maximum absolute atomic E-state index is 6.37. The quantitative estimate of drug-likeness (QED) is 0.298. The number of para-hydroxylation sites is 2. The Kier molecular flexibility index (Phi) is 4.11. The molecule has 158 valence electrons. The third-order valence-corrected chi connectivity index (χ3v) is 7.16. The topological polar surface area (TPSA) is 31.6 Å². The van der Waals surface area contributed by atoms with Crippen LogP contribution in [0.4, 0.5) is 0 Å². The zero-order valence-electron chi connectivity index (χ0n) is 18.8. The first-order valence-electron chi connectivity index (χ1n) is 11.1. The van der Waals surface area contributed by atoms with Crippen molar-refractivity contribution in [3.8, 4) is 11.1 Å². The minimum atomic E-state index is -0.402. The number of hydrogen-bond acceptors (Lipinski definition) is 3. The lowest BCUT2D eigenvalue weighted by atomic mass is 9.75. The van der Waals surface area contributed by atoms with E-state index in [1.165, 1.54) is 0 Å². The van der Waals surface area contributed by atoms with Crippen molar-refractivity contribution in [1.82, 2.24) is 0 Å². The van der Waals surface area contributed by atoms with Crippen LogP contribution in [0.1, 0.15) is 27.7 Å². The van der Waals surface area contributed by atoms with Gasteiger partial charge in [-0.2, -0.15) is 0 Å². The molecule has 2 heterocycles. The van der Waals surface area contributed by atoms with Gasteiger partial charge >= 0.3 is 7.12 Å². The van der Waals surface area contributed by atoms with Crippen molar-refractivity contribution in [1.29, 1.82) is 0 Å². The molecule has 0 spiro atoms. The second kappa shape index (κ2) is 6.71. The molecule has 3 nitrogen and oxygen atoms in total. The summed E-state index contributed by atoms with van der Waals surface area (Å²) in [6, 6.07) is 27.4. The van der Waals surface area contributed by atoms with Gasteiger partial charge in [-0.1, -0.05) is 72.8 Å². The van der Waals surface area contributed by atoms with E-state index < -0.39 is 7.12 Å². The molecule has 0 bridgehead atoms. The Bertz CT molecular complexity index is 1480. The van der Waals surface area contributed by atoms with Gasteiger partial charge in [0.15, 0.2) is 0 Å². The molecule has 1 saturated heterocycles. The van der Waals surface area contributed by atoms with Crippen molar-refractivity contribution in [3.05, 3.63) is 78.9 Å². The summed E-state index contributed by atoms with van der Waals surface area (Å²) in [6.45, 7) is 8.36. The van der Waals surface area contributed by atoms with Crippen LogP contribution in [0.2, 0.25) is 0 Å². The third kappa shape index (κ3) is 2.76. The molecule has 5 aromatic rings. The van der Waals surface area contributed by atoms with Crippen molar-refractivity contribution in [2.24, 2.45) is 0 Å². The van der Waals surface area contributed by atoms with E-state index in [1.807, 2.05) is 12.1 Å². The molecule has 32 heavy (non-hydrogen) atoms. The van der Waals surface area contributed by atoms with Crippen molar-refractivity contribution in [3.63, 3.8) is 0 Å². The van der Waals surface area contributed by atoms with Gasteiger partial charge in [0, 0.05) is 16.3 Å². The van der Waals surface area contributed by atoms with E-state index in [2.05, 4.69) is 94.4 Å². The van der Waals surface area contributed by atoms with Crippen molar-refractivity contribution in [2.75, 3.05) is 0 Å². The van der Waals surface area contributed by atoms with Crippen LogP contribution in [-0.2, 0) is 9.31 Å². The maximum Gasteiger partial charge on any atom is 0.495 e. The largest absolute Gasteiger partial charge is 0.495 e. The predicted octanol–water partition coefficient (Wildman–Crippen LogP) is 6.71. The van der Waals surface area contributed by atoms with Crippen LogP contribution in [-0.4, -0.2) is 18.3 Å². The SMILES string of the molecule is CC1(C)OB(c2ccc(-c3cccc4c3oc3ccccc34)c3ccccc23)OC1(C)C. The molecule has 4 heteroatoms. The summed E-state index contributed by atoms with van der Waals surface area (Å²) in [5, 5.41) is 4.57. The highest BCUT2D eigenvalue weighted by Gasteiger charge is 2.52. The van der Waals surface area contributed by atoms with Crippen LogP contribution in [0.3, 0.4) is 0 Å². The van der Waals surface area contributed by atoms with Gasteiger partial charge in [0.1, 0.15) is 11.2 Å². The van der Waals surface area contributed by atoms with Gasteiger partial charge < -0.3 is 13.7 Å². The number of fused-ring (bicyclic) bond motifs is 4. The molecule has 0 saturated carbocycles. The van der Waals surface area contributed by atoms with E-state index in [0.29, 0.717) is 0 Å². The molecule has 1 fully saturated rings. The molecule has 1 aromatic heterocycles. The molecular formula is C28H25BO3. The van der Waals surface area contributed by atoms with Gasteiger partial charge in [-0.3, -0.25) is 0 Å². The highest BCUT2D eigenvalue weighted by Crippen LogP contribution is 2.40. The average Bonchev–Trinajstić information content (AvgIpc) is 3.26. The van der Waals surface area contributed by atoms with Crippen LogP contribution < -0.4 is 5.46 Å². The molecule has 1 aliphatic rings. The average molecular weight is 420 g/mol. The fourth-order valence-electron chi connectivity index (χ4n) is 4.69. The summed E-state index contributed by atoms with van der Waals surface area (Å²) in [5.74, 6) is 0. The minimum absolute atomic E-state index is 0.378. The molecule has 0 amide bonds. The van der Waals surface area contributed by atoms with E-state index in [9.17, 15) is 0 Å². The summed E-state index contributed by atoms with van der Waals surface area (Å²) in [5.41, 5.74) is 4.37. The molecule has 0 aliphatic carbocycles. The smallest absolute Gasteiger partial charge is 0.455 e. The highest BCUT2D eigenvalue weighted by atomic mass is 16.7. The molecule has 0 radical (unpaired) electrons. The number of furan rings is 1. The Morgan fingerprint density at radius 3 is 1.94 bits per heavy atom. The second-order valence-corrected chi connectivity index (χ2v) is 9.62. The molecule has 4 aromatic carbocycles. The molecule has 0 unspecified atom stereocenters. The van der Waals surface area contributed by atoms with E-state index in [-0.39, 0.29) is 11.2 Å². The lowest BCUT2D eigenvalue weighted by Gasteiger charge is -2.32. The number of benzene rings is 4. The Morgan fingerprint density at radius 2 is 1.19 bits per heavy atom. The highest BCUT2D eigenvalue weighted by molar-refractivity contribution is 6.65. The zero-order chi connectivity index (χ0) is 22.1. The summed E-state index contributed by atoms with van der Waals surface area (Å²) >= 11 is 0. The van der Waals surface area contributed by atoms with Crippen LogP contribution in [0, 0.1) is 0 Å². The standard InChI is InChI=1S/C28H25BO3/c1-27(2)28(3,4)32-29(31-27)24-17-16-19(18-10-5-6-11-20(18)24)22-13-9-14-23-21-12-7-8-15-25(21)30-26(22)23/h5-17H,1-4H3. The fourth-order valence-corrected chi connectivity index (χ4v) is 4.69. The molecule has 0 N–H and O–H groups in total. The van der Waals surface area contributed by atoms with Gasteiger partial charge in [-0.15, -0.1) is 0 Å². The van der Waals surface area contributed by atoms with Gasteiger partial charge in [-0.25, -0.2) is 0 Å². The van der Waals surface area contributed by atoms with Crippen molar-refractivity contribution < 1.29 is 13.7 Å². The Labute approximate surface area is 188 Å². The molecule has 1 aliphatic heterocycles. The van der Waals surface area contributed by atoms with Gasteiger partial charge in [0.2, 0.25) is 0 Å². The first-order chi connectivity index (χ1) is 15.4. The Balaban J connectivity index is 1.57. The van der Waals surface area contributed by atoms with E-state index in [4.69, 9.17) is 13.7 Å². The fraction of sp³-hybridized carbons (Fsp3) is 0.214. The summed E-state index contributed by atoms with van der Waals surface area (Å²) < 4.78 is 19.1. The van der Waals surface area contributed by atoms with Crippen LogP contribution in [0.15, 0.2) is 83.3 Å². The van der Waals surface area contributed by atoms with Crippen LogP contribution >= 0.6 is 0 Å². The summed E-state index contributed by atoms with van der Waals surface area (Å²) in [4.78, 5) is 0. The minimum Gasteiger partial charge on any atom is -0.455 e. The van der Waals surface area contributed by atoms with Gasteiger partial charge in [0.25, 0.3) is 0 Å². The monoisotopic (exact) mass is 420 g/mol. The van der Waals surface area contributed by atoms with E-state index >= 15 is 0 Å². The Morgan fingerprint density at radius 1 is 0.562 bits per heavy atom. The maximum atomic E-state index is 6.37. The summed E-state index contributed by atoms with van der Waals surface area (Å²) in [6.07, 6.45) is 0. The second-order valence-electron chi connectivity index (χ2n) is 9.62. The lowest BCUT2D eigenvalue weighted by molar-refractivity contribution is 0.00578. The normalized spacial score (nSPS) is 17.6. The van der Waals surface area contributed by atoms with Gasteiger partial charge in [0.05, 0.1) is 11.2 Å². The van der Waals surface area contributed by atoms with E-state index in [1.54, 1.807) is 0 Å². The third-order valence-electron chi connectivity index (χ3n) is 7.16. The molecular weight excluding hydrogens is 395 g/mol. The molecule has 6 rings (SSSR count). The van der Waals surface area contributed by atoms with Gasteiger partial charge in [-0.05, 0) is 55.6 Å². The lowest BCUT2D eigenvalue weighted by Crippen LogP contribution is -2.41. The molecule has 0 atom stereocenters. The predicted molar refractivity (Wildman–Crippen MR) is 132 cm³/mol. The van der Waals surface area contributed by atoms with E-state index in [0.717, 1.165) is 49.3 Å². The first-order valence-corrected chi connectivity index (χ1v) is 11.1. The zero-order valence-corrected chi connectivity index (χ0v) is 18.8. The number of rotatable bonds is 2. The van der Waals surface area contributed by atoms with Crippen LogP contribution in [0.5, 0.6) is 0 Å². The van der Waals surface area contributed by atoms with Crippen LogP contribution in [0.25, 0.3) is 43.8 Å². The Hall–Kier alpha value is -3.08. The summed E-state index contributed by atoms with van der Waals surface area (Å²) in [7, 11) is -0.402. The first kappa shape index (κ1) is 19.6. The number of hydrogen-bond donors (Lipinski definition) is 0.